The lowest BCUT2D eigenvalue weighted by Crippen LogP contribution is -2.52. The first kappa shape index (κ1) is 19.8. The molecule has 1 aliphatic heterocycles. The highest BCUT2D eigenvalue weighted by Gasteiger charge is 2.23. The molecule has 0 spiro atoms. The number of carbonyl (C=O) groups excluding carboxylic acids is 2. The average molecular weight is 376 g/mol. The molecule has 3 N–H and O–H groups in total. The molecule has 138 valence electrons. The van der Waals surface area contributed by atoms with Crippen molar-refractivity contribution in [1.82, 2.24) is 10.2 Å². The number of piperazine rings is 1. The van der Waals surface area contributed by atoms with Crippen LogP contribution in [0.2, 0.25) is 0 Å². The first-order valence-electron chi connectivity index (χ1n) is 8.24. The fourth-order valence-electron chi connectivity index (χ4n) is 2.80. The third kappa shape index (κ3) is 4.53. The van der Waals surface area contributed by atoms with E-state index in [1.54, 1.807) is 48.5 Å². The topological polar surface area (TPSA) is 84.7 Å². The SMILES string of the molecule is C[C@H]1CNCCN1C(=O)c1ccc(Oc2ccc(C(N)=O)cc2)cc1.Cl. The highest BCUT2D eigenvalue weighted by molar-refractivity contribution is 5.94. The van der Waals surface area contributed by atoms with E-state index in [-0.39, 0.29) is 24.4 Å². The minimum absolute atomic E-state index is 0. The number of nitrogens with zero attached hydrogens (tertiary/aromatic N) is 1. The molecule has 1 aliphatic rings. The molecular formula is C19H22ClN3O3. The maximum absolute atomic E-state index is 12.6. The largest absolute Gasteiger partial charge is 0.457 e. The lowest BCUT2D eigenvalue weighted by atomic mass is 10.1. The van der Waals surface area contributed by atoms with Gasteiger partial charge >= 0.3 is 0 Å². The summed E-state index contributed by atoms with van der Waals surface area (Å²) in [7, 11) is 0. The molecule has 26 heavy (non-hydrogen) atoms. The molecule has 1 fully saturated rings. The lowest BCUT2D eigenvalue weighted by Gasteiger charge is -2.34. The molecule has 0 unspecified atom stereocenters. The van der Waals surface area contributed by atoms with Crippen LogP contribution in [-0.4, -0.2) is 42.4 Å². The van der Waals surface area contributed by atoms with E-state index in [0.717, 1.165) is 13.1 Å². The fourth-order valence-corrected chi connectivity index (χ4v) is 2.80. The zero-order chi connectivity index (χ0) is 17.8. The van der Waals surface area contributed by atoms with Crippen molar-refractivity contribution in [3.63, 3.8) is 0 Å². The molecule has 0 bridgehead atoms. The molecule has 6 nitrogen and oxygen atoms in total. The number of ether oxygens (including phenoxy) is 1. The molecule has 0 aromatic heterocycles. The molecule has 7 heteroatoms. The molecule has 2 aromatic rings. The van der Waals surface area contributed by atoms with Crippen molar-refractivity contribution in [1.29, 1.82) is 0 Å². The summed E-state index contributed by atoms with van der Waals surface area (Å²) in [4.78, 5) is 25.5. The van der Waals surface area contributed by atoms with Gasteiger partial charge in [-0.25, -0.2) is 0 Å². The first-order chi connectivity index (χ1) is 12.0. The number of nitrogens with two attached hydrogens (primary N) is 1. The van der Waals surface area contributed by atoms with Crippen molar-refractivity contribution in [3.8, 4) is 11.5 Å². The molecule has 3 rings (SSSR count). The smallest absolute Gasteiger partial charge is 0.254 e. The Hall–Kier alpha value is -2.57. The van der Waals surface area contributed by atoms with Crippen LogP contribution < -0.4 is 15.8 Å². The van der Waals surface area contributed by atoms with E-state index in [9.17, 15) is 9.59 Å². The molecular weight excluding hydrogens is 354 g/mol. The Morgan fingerprint density at radius 3 is 2.08 bits per heavy atom. The lowest BCUT2D eigenvalue weighted by molar-refractivity contribution is 0.0655. The van der Waals surface area contributed by atoms with Gasteiger partial charge in [0.2, 0.25) is 5.91 Å². The van der Waals surface area contributed by atoms with E-state index in [4.69, 9.17) is 10.5 Å². The highest BCUT2D eigenvalue weighted by Crippen LogP contribution is 2.23. The number of rotatable bonds is 4. The maximum atomic E-state index is 12.6. The van der Waals surface area contributed by atoms with Crippen molar-refractivity contribution in [2.45, 2.75) is 13.0 Å². The Morgan fingerprint density at radius 1 is 1.04 bits per heavy atom. The van der Waals surface area contributed by atoms with Gasteiger partial charge in [-0.1, -0.05) is 0 Å². The number of nitrogens with one attached hydrogen (secondary N) is 1. The quantitative estimate of drug-likeness (QED) is 0.859. The third-order valence-electron chi connectivity index (χ3n) is 4.24. The summed E-state index contributed by atoms with van der Waals surface area (Å²) in [6.45, 7) is 4.38. The van der Waals surface area contributed by atoms with E-state index in [1.165, 1.54) is 0 Å². The van der Waals surface area contributed by atoms with Crippen LogP contribution in [0.3, 0.4) is 0 Å². The summed E-state index contributed by atoms with van der Waals surface area (Å²) in [6.07, 6.45) is 0. The van der Waals surface area contributed by atoms with Gasteiger partial charge in [0.1, 0.15) is 11.5 Å². The molecule has 2 aromatic carbocycles. The molecule has 1 atom stereocenters. The second-order valence-electron chi connectivity index (χ2n) is 6.07. The number of amides is 2. The predicted octanol–water partition coefficient (Wildman–Crippen LogP) is 2.43. The van der Waals surface area contributed by atoms with Gasteiger partial charge in [-0.15, -0.1) is 12.4 Å². The van der Waals surface area contributed by atoms with Crippen LogP contribution in [0.5, 0.6) is 11.5 Å². The molecule has 1 saturated heterocycles. The van der Waals surface area contributed by atoms with Crippen LogP contribution >= 0.6 is 12.4 Å². The van der Waals surface area contributed by atoms with Gasteiger partial charge in [0.25, 0.3) is 5.91 Å². The Bertz CT molecular complexity index is 763. The monoisotopic (exact) mass is 375 g/mol. The van der Waals surface area contributed by atoms with E-state index >= 15 is 0 Å². The molecule has 1 heterocycles. The fraction of sp³-hybridized carbons (Fsp3) is 0.263. The van der Waals surface area contributed by atoms with E-state index in [1.807, 2.05) is 11.8 Å². The number of carbonyl (C=O) groups is 2. The summed E-state index contributed by atoms with van der Waals surface area (Å²) < 4.78 is 5.73. The van der Waals surface area contributed by atoms with Crippen LogP contribution in [0.1, 0.15) is 27.6 Å². The minimum Gasteiger partial charge on any atom is -0.457 e. The Balaban J connectivity index is 0.00000243. The minimum atomic E-state index is -0.475. The second-order valence-corrected chi connectivity index (χ2v) is 6.07. The summed E-state index contributed by atoms with van der Waals surface area (Å²) in [5, 5.41) is 3.28. The summed E-state index contributed by atoms with van der Waals surface area (Å²) in [6, 6.07) is 13.8. The van der Waals surface area contributed by atoms with Crippen molar-refractivity contribution >= 4 is 24.2 Å². The van der Waals surface area contributed by atoms with Gasteiger partial charge in [0.05, 0.1) is 0 Å². The predicted molar refractivity (Wildman–Crippen MR) is 102 cm³/mol. The van der Waals surface area contributed by atoms with Gasteiger partial charge in [-0.2, -0.15) is 0 Å². The summed E-state index contributed by atoms with van der Waals surface area (Å²) in [5.74, 6) is 0.777. The van der Waals surface area contributed by atoms with Crippen LogP contribution in [0.4, 0.5) is 0 Å². The zero-order valence-corrected chi connectivity index (χ0v) is 15.3. The van der Waals surface area contributed by atoms with Gasteiger partial charge in [0, 0.05) is 36.8 Å². The van der Waals surface area contributed by atoms with Crippen molar-refractivity contribution in [3.05, 3.63) is 59.7 Å². The van der Waals surface area contributed by atoms with Crippen LogP contribution in [0, 0.1) is 0 Å². The summed E-state index contributed by atoms with van der Waals surface area (Å²) >= 11 is 0. The van der Waals surface area contributed by atoms with Gasteiger partial charge in [0.15, 0.2) is 0 Å². The molecule has 0 saturated carbocycles. The third-order valence-corrected chi connectivity index (χ3v) is 4.24. The number of benzene rings is 2. The van der Waals surface area contributed by atoms with Gasteiger partial charge in [-0.3, -0.25) is 9.59 Å². The van der Waals surface area contributed by atoms with Crippen LogP contribution in [0.25, 0.3) is 0 Å². The number of halogens is 1. The number of primary amides is 1. The van der Waals surface area contributed by atoms with Gasteiger partial charge in [-0.05, 0) is 55.5 Å². The Kier molecular flexibility index (Phi) is 6.60. The second kappa shape index (κ2) is 8.69. The molecule has 2 amide bonds. The highest BCUT2D eigenvalue weighted by atomic mass is 35.5. The van der Waals surface area contributed by atoms with E-state index in [2.05, 4.69) is 5.32 Å². The van der Waals surface area contributed by atoms with Crippen LogP contribution in [-0.2, 0) is 0 Å². The summed E-state index contributed by atoms with van der Waals surface area (Å²) in [5.41, 5.74) is 6.29. The maximum Gasteiger partial charge on any atom is 0.254 e. The first-order valence-corrected chi connectivity index (χ1v) is 8.24. The van der Waals surface area contributed by atoms with E-state index < -0.39 is 5.91 Å². The Morgan fingerprint density at radius 2 is 1.58 bits per heavy atom. The zero-order valence-electron chi connectivity index (χ0n) is 14.5. The van der Waals surface area contributed by atoms with Crippen molar-refractivity contribution in [2.75, 3.05) is 19.6 Å². The standard InChI is InChI=1S/C19H21N3O3.ClH/c1-13-12-21-10-11-22(13)19(24)15-4-8-17(9-5-15)25-16-6-2-14(3-7-16)18(20)23;/h2-9,13,21H,10-12H2,1H3,(H2,20,23);1H/t13-;/m0./s1. The molecule has 0 radical (unpaired) electrons. The number of hydrogen-bond donors (Lipinski definition) is 2. The van der Waals surface area contributed by atoms with Crippen LogP contribution in [0.15, 0.2) is 48.5 Å². The molecule has 0 aliphatic carbocycles. The van der Waals surface area contributed by atoms with Crippen molar-refractivity contribution < 1.29 is 14.3 Å². The average Bonchev–Trinajstić information content (AvgIpc) is 2.63. The Labute approximate surface area is 158 Å². The number of hydrogen-bond acceptors (Lipinski definition) is 4. The van der Waals surface area contributed by atoms with Crippen molar-refractivity contribution in [2.24, 2.45) is 5.73 Å². The normalized spacial score (nSPS) is 16.5. The van der Waals surface area contributed by atoms with E-state index in [0.29, 0.717) is 29.2 Å². The van der Waals surface area contributed by atoms with Gasteiger partial charge < -0.3 is 20.7 Å².